The van der Waals surface area contributed by atoms with Gasteiger partial charge in [-0.05, 0) is 15.9 Å². The topological polar surface area (TPSA) is 76.2 Å². The number of pyridine rings is 1. The van der Waals surface area contributed by atoms with Crippen LogP contribution in [-0.4, -0.2) is 16.0 Å². The van der Waals surface area contributed by atoms with Crippen LogP contribution in [0.25, 0.3) is 0 Å². The second-order valence-electron chi connectivity index (χ2n) is 2.38. The first-order valence-electron chi connectivity index (χ1n) is 3.40. The third kappa shape index (κ3) is 1.82. The van der Waals surface area contributed by atoms with Crippen molar-refractivity contribution >= 4 is 21.8 Å². The number of primary amides is 1. The Morgan fingerprint density at radius 3 is 2.64 bits per heavy atom. The van der Waals surface area contributed by atoms with Crippen molar-refractivity contribution in [2.24, 2.45) is 5.73 Å². The number of alkyl halides is 2. The van der Waals surface area contributed by atoms with Crippen molar-refractivity contribution < 1.29 is 18.7 Å². The van der Waals surface area contributed by atoms with Crippen molar-refractivity contribution in [3.05, 3.63) is 21.9 Å². The van der Waals surface area contributed by atoms with Gasteiger partial charge in [0.2, 0.25) is 0 Å². The van der Waals surface area contributed by atoms with Gasteiger partial charge in [0.1, 0.15) is 5.69 Å². The number of amides is 1. The summed E-state index contributed by atoms with van der Waals surface area (Å²) in [6, 6.07) is 0. The summed E-state index contributed by atoms with van der Waals surface area (Å²) in [4.78, 5) is 14.0. The summed E-state index contributed by atoms with van der Waals surface area (Å²) >= 11 is 2.86. The van der Waals surface area contributed by atoms with Gasteiger partial charge in [-0.2, -0.15) is 0 Å². The van der Waals surface area contributed by atoms with Crippen molar-refractivity contribution in [3.8, 4) is 5.75 Å². The molecule has 1 rings (SSSR count). The zero-order valence-electron chi connectivity index (χ0n) is 6.67. The molecule has 0 saturated carbocycles. The van der Waals surface area contributed by atoms with Crippen LogP contribution in [0.15, 0.2) is 10.7 Å². The third-order valence-corrected chi connectivity index (χ3v) is 2.09. The normalized spacial score (nSPS) is 10.6. The van der Waals surface area contributed by atoms with Crippen LogP contribution in [0, 0.1) is 0 Å². The lowest BCUT2D eigenvalue weighted by atomic mass is 10.2. The van der Waals surface area contributed by atoms with E-state index in [1.54, 1.807) is 0 Å². The first-order chi connectivity index (χ1) is 6.45. The number of hydrogen-bond donors (Lipinski definition) is 2. The highest BCUT2D eigenvalue weighted by atomic mass is 79.9. The molecule has 0 aliphatic carbocycles. The highest BCUT2D eigenvalue weighted by Gasteiger charge is 2.22. The van der Waals surface area contributed by atoms with Crippen LogP contribution < -0.4 is 5.73 Å². The Hall–Kier alpha value is -1.24. The number of carbonyl (C=O) groups is 1. The highest BCUT2D eigenvalue weighted by Crippen LogP contribution is 2.32. The van der Waals surface area contributed by atoms with E-state index in [2.05, 4.69) is 20.9 Å². The number of hydrogen-bond acceptors (Lipinski definition) is 3. The van der Waals surface area contributed by atoms with E-state index in [0.717, 1.165) is 6.20 Å². The van der Waals surface area contributed by atoms with E-state index in [-0.39, 0.29) is 4.47 Å². The van der Waals surface area contributed by atoms with Crippen LogP contribution >= 0.6 is 15.9 Å². The van der Waals surface area contributed by atoms with E-state index in [4.69, 9.17) is 5.73 Å². The molecule has 0 atom stereocenters. The van der Waals surface area contributed by atoms with Gasteiger partial charge in [0, 0.05) is 6.20 Å². The second-order valence-corrected chi connectivity index (χ2v) is 3.23. The first kappa shape index (κ1) is 10.8. The van der Waals surface area contributed by atoms with E-state index < -0.39 is 29.3 Å². The Morgan fingerprint density at radius 1 is 1.64 bits per heavy atom. The predicted molar refractivity (Wildman–Crippen MR) is 47.1 cm³/mol. The summed E-state index contributed by atoms with van der Waals surface area (Å²) in [5.41, 5.74) is 3.63. The van der Waals surface area contributed by atoms with Crippen molar-refractivity contribution in [2.45, 2.75) is 6.43 Å². The Balaban J connectivity index is 3.41. The smallest absolute Gasteiger partial charge is 0.284 e. The SMILES string of the molecule is NC(=O)c1c(Br)cnc(C(F)F)c1O. The number of aromatic nitrogens is 1. The number of carbonyl (C=O) groups excluding carboxylic acids is 1. The average Bonchev–Trinajstić information content (AvgIpc) is 2.02. The van der Waals surface area contributed by atoms with Gasteiger partial charge in [-0.3, -0.25) is 9.78 Å². The first-order valence-corrected chi connectivity index (χ1v) is 4.19. The van der Waals surface area contributed by atoms with Gasteiger partial charge in [0.25, 0.3) is 12.3 Å². The van der Waals surface area contributed by atoms with Gasteiger partial charge in [-0.25, -0.2) is 8.78 Å². The number of rotatable bonds is 2. The van der Waals surface area contributed by atoms with Gasteiger partial charge >= 0.3 is 0 Å². The lowest BCUT2D eigenvalue weighted by molar-refractivity contribution is 0.0995. The molecule has 0 saturated heterocycles. The maximum absolute atomic E-state index is 12.2. The zero-order valence-corrected chi connectivity index (χ0v) is 8.25. The summed E-state index contributed by atoms with van der Waals surface area (Å²) < 4.78 is 24.5. The molecule has 0 spiro atoms. The molecule has 0 fully saturated rings. The monoisotopic (exact) mass is 266 g/mol. The van der Waals surface area contributed by atoms with Gasteiger partial charge in [0.15, 0.2) is 5.75 Å². The van der Waals surface area contributed by atoms with Crippen LogP contribution in [0.3, 0.4) is 0 Å². The molecule has 0 aromatic carbocycles. The molecule has 0 bridgehead atoms. The summed E-state index contributed by atoms with van der Waals surface area (Å²) in [6.07, 6.45) is -1.97. The fourth-order valence-corrected chi connectivity index (χ4v) is 1.37. The number of aromatic hydroxyl groups is 1. The minimum Gasteiger partial charge on any atom is -0.505 e. The number of halogens is 3. The molecule has 0 unspecified atom stereocenters. The maximum Gasteiger partial charge on any atom is 0.284 e. The standard InChI is InChI=1S/C7H5BrF2N2O2/c8-2-1-12-4(6(9)10)5(13)3(2)7(11)14/h1,6,13H,(H2,11,14). The van der Waals surface area contributed by atoms with E-state index in [1.165, 1.54) is 0 Å². The quantitative estimate of drug-likeness (QED) is 0.854. The molecule has 14 heavy (non-hydrogen) atoms. The third-order valence-electron chi connectivity index (χ3n) is 1.49. The summed E-state index contributed by atoms with van der Waals surface area (Å²) in [6.45, 7) is 0. The van der Waals surface area contributed by atoms with Gasteiger partial charge in [-0.15, -0.1) is 0 Å². The molecule has 7 heteroatoms. The lowest BCUT2D eigenvalue weighted by Gasteiger charge is -2.07. The molecule has 0 aliphatic rings. The Kier molecular flexibility index (Phi) is 3.00. The molecule has 0 aliphatic heterocycles. The Morgan fingerprint density at radius 2 is 2.21 bits per heavy atom. The van der Waals surface area contributed by atoms with Crippen LogP contribution in [0.2, 0.25) is 0 Å². The van der Waals surface area contributed by atoms with Gasteiger partial charge < -0.3 is 10.8 Å². The molecule has 1 aromatic rings. The molecule has 1 heterocycles. The highest BCUT2D eigenvalue weighted by molar-refractivity contribution is 9.10. The van der Waals surface area contributed by atoms with Crippen LogP contribution in [-0.2, 0) is 0 Å². The van der Waals surface area contributed by atoms with E-state index in [0.29, 0.717) is 0 Å². The van der Waals surface area contributed by atoms with E-state index >= 15 is 0 Å². The fourth-order valence-electron chi connectivity index (χ4n) is 0.887. The van der Waals surface area contributed by atoms with Crippen molar-refractivity contribution in [2.75, 3.05) is 0 Å². The molecule has 1 amide bonds. The Bertz CT molecular complexity index is 384. The van der Waals surface area contributed by atoms with Crippen molar-refractivity contribution in [3.63, 3.8) is 0 Å². The van der Waals surface area contributed by atoms with Gasteiger partial charge in [-0.1, -0.05) is 0 Å². The molecule has 1 aromatic heterocycles. The van der Waals surface area contributed by atoms with Crippen molar-refractivity contribution in [1.29, 1.82) is 0 Å². The zero-order chi connectivity index (χ0) is 10.9. The fraction of sp³-hybridized carbons (Fsp3) is 0.143. The van der Waals surface area contributed by atoms with Crippen LogP contribution in [0.5, 0.6) is 5.75 Å². The summed E-state index contributed by atoms with van der Waals surface area (Å²) in [7, 11) is 0. The van der Waals surface area contributed by atoms with Crippen LogP contribution in [0.4, 0.5) is 8.78 Å². The van der Waals surface area contributed by atoms with Gasteiger partial charge in [0.05, 0.1) is 10.0 Å². The maximum atomic E-state index is 12.2. The Labute approximate surface area is 85.9 Å². The second kappa shape index (κ2) is 3.87. The molecular formula is C7H5BrF2N2O2. The lowest BCUT2D eigenvalue weighted by Crippen LogP contribution is -2.13. The van der Waals surface area contributed by atoms with E-state index in [9.17, 15) is 18.7 Å². The minimum absolute atomic E-state index is 0.0758. The van der Waals surface area contributed by atoms with E-state index in [1.807, 2.05) is 0 Å². The predicted octanol–water partition coefficient (Wildman–Crippen LogP) is 1.59. The number of nitrogens with two attached hydrogens (primary N) is 1. The molecule has 3 N–H and O–H groups in total. The average molecular weight is 267 g/mol. The summed E-state index contributed by atoms with van der Waals surface area (Å²) in [5.74, 6) is -1.89. The summed E-state index contributed by atoms with van der Waals surface area (Å²) in [5, 5.41) is 9.24. The largest absolute Gasteiger partial charge is 0.505 e. The molecule has 76 valence electrons. The minimum atomic E-state index is -2.96. The number of nitrogens with zero attached hydrogens (tertiary/aromatic N) is 1. The molecular weight excluding hydrogens is 262 g/mol. The van der Waals surface area contributed by atoms with Crippen molar-refractivity contribution in [1.82, 2.24) is 4.98 Å². The molecule has 0 radical (unpaired) electrons. The van der Waals surface area contributed by atoms with Crippen LogP contribution in [0.1, 0.15) is 22.5 Å². The molecule has 4 nitrogen and oxygen atoms in total.